The summed E-state index contributed by atoms with van der Waals surface area (Å²) in [5.41, 5.74) is 1.08. The number of unbranched alkanes of at least 4 members (excludes halogenated alkanes) is 1. The number of piperazine rings is 1. The van der Waals surface area contributed by atoms with Gasteiger partial charge in [-0.2, -0.15) is 0 Å². The quantitative estimate of drug-likeness (QED) is 0.558. The van der Waals surface area contributed by atoms with Crippen LogP contribution in [0.15, 0.2) is 30.3 Å². The van der Waals surface area contributed by atoms with Crippen molar-refractivity contribution in [1.29, 1.82) is 0 Å². The van der Waals surface area contributed by atoms with Gasteiger partial charge in [-0.25, -0.2) is 0 Å². The van der Waals surface area contributed by atoms with Gasteiger partial charge in [0, 0.05) is 19.0 Å². The number of carbonyl (C=O) groups excluding carboxylic acids is 3. The third kappa shape index (κ3) is 4.72. The summed E-state index contributed by atoms with van der Waals surface area (Å²) < 4.78 is 0. The Morgan fingerprint density at radius 2 is 1.93 bits per heavy atom. The Hall–Kier alpha value is -2.37. The topological polar surface area (TPSA) is 78.5 Å². The summed E-state index contributed by atoms with van der Waals surface area (Å²) in [4.78, 5) is 40.3. The number of hydrogen-bond acceptors (Lipinski definition) is 3. The van der Waals surface area contributed by atoms with Gasteiger partial charge in [-0.1, -0.05) is 56.5 Å². The van der Waals surface area contributed by atoms with Crippen LogP contribution in [0, 0.1) is 0 Å². The van der Waals surface area contributed by atoms with Gasteiger partial charge in [0.25, 0.3) is 11.8 Å². The molecule has 2 aliphatic rings. The van der Waals surface area contributed by atoms with Crippen LogP contribution in [0.3, 0.4) is 0 Å². The zero-order valence-electron chi connectivity index (χ0n) is 16.7. The van der Waals surface area contributed by atoms with Crippen LogP contribution in [0.4, 0.5) is 0 Å². The first-order valence-corrected chi connectivity index (χ1v) is 10.5. The standard InChI is InChI=1S/C22H31N3O3/c1-2-3-15-23-21(27)20-22(28)24-17-11-7-8-12-18(17)25(20)19(26)14-13-16-9-5-4-6-10-16/h4-6,9-10,17-18,20H,2-3,7-8,11-15H2,1H3,(H,23,27)(H,24,28). The average Bonchev–Trinajstić information content (AvgIpc) is 2.71. The number of carbonyl (C=O) groups is 3. The van der Waals surface area contributed by atoms with Crippen molar-refractivity contribution in [3.05, 3.63) is 35.9 Å². The lowest BCUT2D eigenvalue weighted by Crippen LogP contribution is -2.70. The molecule has 28 heavy (non-hydrogen) atoms. The SMILES string of the molecule is CCCCNC(=O)C1C(=O)NC2CCCCC2N1C(=O)CCc1ccccc1. The van der Waals surface area contributed by atoms with E-state index in [-0.39, 0.29) is 29.8 Å². The van der Waals surface area contributed by atoms with Crippen LogP contribution in [-0.2, 0) is 20.8 Å². The van der Waals surface area contributed by atoms with E-state index < -0.39 is 6.04 Å². The van der Waals surface area contributed by atoms with Crippen LogP contribution in [0.5, 0.6) is 0 Å². The maximum atomic E-state index is 13.2. The zero-order chi connectivity index (χ0) is 19.9. The molecular weight excluding hydrogens is 354 g/mol. The third-order valence-corrected chi connectivity index (χ3v) is 5.78. The lowest BCUT2D eigenvalue weighted by Gasteiger charge is -2.47. The number of hydrogen-bond donors (Lipinski definition) is 2. The Morgan fingerprint density at radius 3 is 2.68 bits per heavy atom. The van der Waals surface area contributed by atoms with Crippen LogP contribution in [0.1, 0.15) is 57.4 Å². The van der Waals surface area contributed by atoms with Crippen LogP contribution in [0.2, 0.25) is 0 Å². The Labute approximate surface area is 167 Å². The first-order chi connectivity index (χ1) is 13.6. The second-order valence-corrected chi connectivity index (χ2v) is 7.80. The predicted octanol–water partition coefficient (Wildman–Crippen LogP) is 2.17. The third-order valence-electron chi connectivity index (χ3n) is 5.78. The number of fused-ring (bicyclic) bond motifs is 1. The van der Waals surface area contributed by atoms with Gasteiger partial charge in [0.15, 0.2) is 6.04 Å². The molecule has 1 aromatic carbocycles. The molecule has 6 nitrogen and oxygen atoms in total. The molecule has 3 unspecified atom stereocenters. The minimum absolute atomic E-state index is 0.0402. The molecule has 3 atom stereocenters. The molecule has 2 fully saturated rings. The second kappa shape index (κ2) is 9.71. The van der Waals surface area contributed by atoms with E-state index in [9.17, 15) is 14.4 Å². The molecule has 1 saturated carbocycles. The number of rotatable bonds is 7. The summed E-state index contributed by atoms with van der Waals surface area (Å²) in [5, 5.41) is 5.85. The van der Waals surface area contributed by atoms with E-state index in [0.29, 0.717) is 19.4 Å². The highest BCUT2D eigenvalue weighted by Gasteiger charge is 2.47. The van der Waals surface area contributed by atoms with E-state index in [1.54, 1.807) is 4.90 Å². The Bertz CT molecular complexity index is 692. The molecule has 0 bridgehead atoms. The summed E-state index contributed by atoms with van der Waals surface area (Å²) in [7, 11) is 0. The normalized spacial score (nSPS) is 24.2. The monoisotopic (exact) mass is 385 g/mol. The van der Waals surface area contributed by atoms with Gasteiger partial charge in [-0.15, -0.1) is 0 Å². The van der Waals surface area contributed by atoms with Crippen molar-refractivity contribution in [1.82, 2.24) is 15.5 Å². The minimum atomic E-state index is -1.06. The van der Waals surface area contributed by atoms with Gasteiger partial charge in [0.2, 0.25) is 5.91 Å². The largest absolute Gasteiger partial charge is 0.354 e. The summed E-state index contributed by atoms with van der Waals surface area (Å²) in [5.74, 6) is -0.806. The molecule has 152 valence electrons. The Morgan fingerprint density at radius 1 is 1.18 bits per heavy atom. The molecule has 6 heteroatoms. The molecule has 3 amide bonds. The smallest absolute Gasteiger partial charge is 0.252 e. The Balaban J connectivity index is 1.76. The summed E-state index contributed by atoms with van der Waals surface area (Å²) in [6.45, 7) is 2.57. The maximum absolute atomic E-state index is 13.2. The first-order valence-electron chi connectivity index (χ1n) is 10.5. The van der Waals surface area contributed by atoms with Gasteiger partial charge in [-0.3, -0.25) is 14.4 Å². The fourth-order valence-corrected chi connectivity index (χ4v) is 4.28. The van der Waals surface area contributed by atoms with Crippen molar-refractivity contribution in [3.8, 4) is 0 Å². The van der Waals surface area contributed by atoms with E-state index in [1.165, 1.54) is 0 Å². The van der Waals surface area contributed by atoms with Gasteiger partial charge < -0.3 is 15.5 Å². The summed E-state index contributed by atoms with van der Waals surface area (Å²) >= 11 is 0. The number of benzene rings is 1. The van der Waals surface area contributed by atoms with Crippen molar-refractivity contribution in [2.75, 3.05) is 6.54 Å². The van der Waals surface area contributed by atoms with Gasteiger partial charge in [0.1, 0.15) is 0 Å². The van der Waals surface area contributed by atoms with E-state index >= 15 is 0 Å². The molecular formula is C22H31N3O3. The van der Waals surface area contributed by atoms with Crippen LogP contribution < -0.4 is 10.6 Å². The first kappa shape index (κ1) is 20.4. The van der Waals surface area contributed by atoms with Crippen molar-refractivity contribution >= 4 is 17.7 Å². The number of aryl methyl sites for hydroxylation is 1. The molecule has 0 aromatic heterocycles. The lowest BCUT2D eigenvalue weighted by atomic mass is 9.85. The molecule has 1 aromatic rings. The number of amides is 3. The zero-order valence-corrected chi connectivity index (χ0v) is 16.7. The van der Waals surface area contributed by atoms with Crippen LogP contribution in [-0.4, -0.2) is 47.3 Å². The molecule has 3 rings (SSSR count). The summed E-state index contributed by atoms with van der Waals surface area (Å²) in [6.07, 6.45) is 6.49. The molecule has 1 aliphatic heterocycles. The van der Waals surface area contributed by atoms with E-state index in [0.717, 1.165) is 44.1 Å². The van der Waals surface area contributed by atoms with E-state index in [4.69, 9.17) is 0 Å². The number of nitrogens with one attached hydrogen (secondary N) is 2. The van der Waals surface area contributed by atoms with Crippen molar-refractivity contribution in [3.63, 3.8) is 0 Å². The van der Waals surface area contributed by atoms with Gasteiger partial charge in [0.05, 0.1) is 6.04 Å². The molecule has 1 saturated heterocycles. The van der Waals surface area contributed by atoms with Crippen molar-refractivity contribution < 1.29 is 14.4 Å². The minimum Gasteiger partial charge on any atom is -0.354 e. The van der Waals surface area contributed by atoms with Crippen molar-refractivity contribution in [2.24, 2.45) is 0 Å². The summed E-state index contributed by atoms with van der Waals surface area (Å²) in [6, 6.07) is 8.66. The van der Waals surface area contributed by atoms with E-state index in [2.05, 4.69) is 10.6 Å². The molecule has 0 spiro atoms. The molecule has 0 radical (unpaired) electrons. The highest BCUT2D eigenvalue weighted by molar-refractivity contribution is 6.07. The fraction of sp³-hybridized carbons (Fsp3) is 0.591. The molecule has 2 N–H and O–H groups in total. The van der Waals surface area contributed by atoms with Crippen LogP contribution >= 0.6 is 0 Å². The highest BCUT2D eigenvalue weighted by atomic mass is 16.2. The van der Waals surface area contributed by atoms with Crippen LogP contribution in [0.25, 0.3) is 0 Å². The fourth-order valence-electron chi connectivity index (χ4n) is 4.28. The molecule has 1 heterocycles. The maximum Gasteiger partial charge on any atom is 0.252 e. The highest BCUT2D eigenvalue weighted by Crippen LogP contribution is 2.29. The lowest BCUT2D eigenvalue weighted by molar-refractivity contribution is -0.156. The Kier molecular flexibility index (Phi) is 7.06. The second-order valence-electron chi connectivity index (χ2n) is 7.80. The average molecular weight is 386 g/mol. The number of nitrogens with zero attached hydrogens (tertiary/aromatic N) is 1. The van der Waals surface area contributed by atoms with Crippen molar-refractivity contribution in [2.45, 2.75) is 76.4 Å². The predicted molar refractivity (Wildman–Crippen MR) is 108 cm³/mol. The van der Waals surface area contributed by atoms with Gasteiger partial charge >= 0.3 is 0 Å². The molecule has 1 aliphatic carbocycles. The van der Waals surface area contributed by atoms with E-state index in [1.807, 2.05) is 37.3 Å². The van der Waals surface area contributed by atoms with Gasteiger partial charge in [-0.05, 0) is 31.2 Å².